The molecule has 0 spiro atoms. The van der Waals surface area contributed by atoms with E-state index in [0.29, 0.717) is 13.1 Å². The Morgan fingerprint density at radius 2 is 1.32 bits per heavy atom. The van der Waals surface area contributed by atoms with Crippen LogP contribution in [0.5, 0.6) is 0 Å². The van der Waals surface area contributed by atoms with E-state index in [1.165, 1.54) is 17.0 Å². The van der Waals surface area contributed by atoms with Crippen molar-refractivity contribution in [1.29, 1.82) is 0 Å². The van der Waals surface area contributed by atoms with Crippen molar-refractivity contribution in [3.05, 3.63) is 143 Å². The number of rotatable bonds is 9. The van der Waals surface area contributed by atoms with Gasteiger partial charge < -0.3 is 10.0 Å². The zero-order valence-electron chi connectivity index (χ0n) is 23.2. The van der Waals surface area contributed by atoms with Crippen LogP contribution in [0.15, 0.2) is 115 Å². The highest BCUT2D eigenvalue weighted by Gasteiger charge is 2.50. The van der Waals surface area contributed by atoms with Crippen LogP contribution in [0.2, 0.25) is 0 Å². The Morgan fingerprint density at radius 1 is 0.829 bits per heavy atom. The number of urea groups is 1. The summed E-state index contributed by atoms with van der Waals surface area (Å²) < 4.78 is 15.1. The molecule has 0 aliphatic carbocycles. The van der Waals surface area contributed by atoms with E-state index in [-0.39, 0.29) is 11.6 Å². The van der Waals surface area contributed by atoms with Crippen molar-refractivity contribution in [1.82, 2.24) is 14.7 Å². The number of carbonyl (C=O) groups is 2. The summed E-state index contributed by atoms with van der Waals surface area (Å²) in [7, 11) is 1.67. The number of aliphatic hydroxyl groups excluding tert-OH is 1. The normalized spacial score (nSPS) is 18.5. The number of halogens is 1. The molecule has 41 heavy (non-hydrogen) atoms. The largest absolute Gasteiger partial charge is 0.386 e. The second-order valence-corrected chi connectivity index (χ2v) is 10.5. The Hall–Kier alpha value is -4.33. The average molecular weight is 552 g/mol. The van der Waals surface area contributed by atoms with E-state index in [2.05, 4.69) is 0 Å². The lowest BCUT2D eigenvalue weighted by atomic mass is 9.95. The molecule has 1 aliphatic heterocycles. The molecule has 1 aliphatic rings. The molecule has 4 aromatic rings. The highest BCUT2D eigenvalue weighted by Crippen LogP contribution is 2.37. The minimum atomic E-state index is -1.54. The fourth-order valence-corrected chi connectivity index (χ4v) is 5.61. The molecule has 4 aromatic carbocycles. The number of benzene rings is 4. The quantitative estimate of drug-likeness (QED) is 0.279. The number of likely N-dealkylation sites (N-methyl/N-ethyl adjacent to an activating group) is 1. The van der Waals surface area contributed by atoms with Crippen molar-refractivity contribution >= 4 is 11.9 Å². The van der Waals surface area contributed by atoms with Crippen LogP contribution >= 0.6 is 0 Å². The lowest BCUT2D eigenvalue weighted by Gasteiger charge is -2.37. The summed E-state index contributed by atoms with van der Waals surface area (Å²) in [6, 6.07) is 32.0. The van der Waals surface area contributed by atoms with Gasteiger partial charge in [-0.15, -0.1) is 0 Å². The monoisotopic (exact) mass is 551 g/mol. The fraction of sp³-hybridized carbons (Fsp3) is 0.235. The first-order valence-electron chi connectivity index (χ1n) is 13.8. The van der Waals surface area contributed by atoms with E-state index in [1.807, 2.05) is 103 Å². The third kappa shape index (κ3) is 5.92. The van der Waals surface area contributed by atoms with Gasteiger partial charge in [-0.25, -0.2) is 9.18 Å². The summed E-state index contributed by atoms with van der Waals surface area (Å²) in [5.41, 5.74) is 2.64. The van der Waals surface area contributed by atoms with E-state index in [9.17, 15) is 14.7 Å². The molecule has 0 unspecified atom stereocenters. The molecular formula is C34H34FN3O3. The zero-order valence-corrected chi connectivity index (χ0v) is 23.2. The van der Waals surface area contributed by atoms with E-state index in [4.69, 9.17) is 0 Å². The van der Waals surface area contributed by atoms with Crippen molar-refractivity contribution in [3.63, 3.8) is 0 Å². The first-order valence-corrected chi connectivity index (χ1v) is 13.8. The molecule has 0 radical (unpaired) electrons. The summed E-state index contributed by atoms with van der Waals surface area (Å²) >= 11 is 0. The van der Waals surface area contributed by atoms with Crippen molar-refractivity contribution in [2.24, 2.45) is 0 Å². The molecule has 4 atom stereocenters. The van der Waals surface area contributed by atoms with Gasteiger partial charge in [-0.2, -0.15) is 0 Å². The molecule has 0 saturated carbocycles. The number of nitrogens with zero attached hydrogens (tertiary/aromatic N) is 3. The predicted octanol–water partition coefficient (Wildman–Crippen LogP) is 5.95. The number of hydrogen-bond donors (Lipinski definition) is 1. The molecule has 5 rings (SSSR count). The number of amides is 3. The van der Waals surface area contributed by atoms with Gasteiger partial charge in [0.1, 0.15) is 18.0 Å². The molecule has 0 bridgehead atoms. The van der Waals surface area contributed by atoms with E-state index >= 15 is 4.39 Å². The molecular weight excluding hydrogens is 517 g/mol. The molecule has 6 nitrogen and oxygen atoms in total. The number of carbonyl (C=O) groups excluding carboxylic acids is 2. The Bertz CT molecular complexity index is 1430. The van der Waals surface area contributed by atoms with Gasteiger partial charge in [0, 0.05) is 25.7 Å². The first-order chi connectivity index (χ1) is 19.9. The number of aliphatic hydroxyl groups is 1. The second-order valence-electron chi connectivity index (χ2n) is 10.5. The third-order valence-corrected chi connectivity index (χ3v) is 7.86. The van der Waals surface area contributed by atoms with Gasteiger partial charge in [-0.1, -0.05) is 109 Å². The lowest BCUT2D eigenvalue weighted by Crippen LogP contribution is -2.52. The number of imide groups is 1. The van der Waals surface area contributed by atoms with Crippen LogP contribution in [0.25, 0.3) is 0 Å². The summed E-state index contributed by atoms with van der Waals surface area (Å²) in [6.45, 7) is 2.49. The van der Waals surface area contributed by atoms with Crippen LogP contribution in [0, 0.1) is 5.82 Å². The number of hydrogen-bond acceptors (Lipinski definition) is 4. The molecule has 210 valence electrons. The summed E-state index contributed by atoms with van der Waals surface area (Å²) in [5, 5.41) is 11.8. The van der Waals surface area contributed by atoms with Crippen LogP contribution in [0.4, 0.5) is 9.18 Å². The molecule has 1 heterocycles. The van der Waals surface area contributed by atoms with Gasteiger partial charge in [0.25, 0.3) is 5.91 Å². The topological polar surface area (TPSA) is 64.1 Å². The minimum Gasteiger partial charge on any atom is -0.386 e. The van der Waals surface area contributed by atoms with Crippen LogP contribution in [-0.2, 0) is 17.9 Å². The molecule has 1 fully saturated rings. The fourth-order valence-electron chi connectivity index (χ4n) is 5.61. The van der Waals surface area contributed by atoms with E-state index in [1.54, 1.807) is 24.1 Å². The van der Waals surface area contributed by atoms with Crippen LogP contribution in [0.1, 0.15) is 41.3 Å². The molecule has 1 N–H and O–H groups in total. The summed E-state index contributed by atoms with van der Waals surface area (Å²) in [5.74, 6) is -1.20. The third-order valence-electron chi connectivity index (χ3n) is 7.86. The Morgan fingerprint density at radius 3 is 1.85 bits per heavy atom. The Balaban J connectivity index is 1.63. The van der Waals surface area contributed by atoms with Gasteiger partial charge >= 0.3 is 6.03 Å². The smallest absolute Gasteiger partial charge is 0.327 e. The molecule has 3 amide bonds. The Labute approximate surface area is 240 Å². The van der Waals surface area contributed by atoms with Crippen molar-refractivity contribution in [3.8, 4) is 0 Å². The summed E-state index contributed by atoms with van der Waals surface area (Å²) in [4.78, 5) is 33.0. The molecule has 7 heteroatoms. The zero-order chi connectivity index (χ0) is 28.9. The SMILES string of the molecule is C[C@H]1[C@@H](c2ccccc2)N(C(=O)[C@@H]([C@@H](O)c2ccccc2F)N(Cc2ccccc2)Cc2ccccc2)C(=O)N1C. The maximum atomic E-state index is 15.1. The summed E-state index contributed by atoms with van der Waals surface area (Å²) in [6.07, 6.45) is -1.54. The van der Waals surface area contributed by atoms with Crippen LogP contribution < -0.4 is 0 Å². The highest BCUT2D eigenvalue weighted by molar-refractivity contribution is 5.99. The predicted molar refractivity (Wildman–Crippen MR) is 156 cm³/mol. The minimum absolute atomic E-state index is 0.00119. The van der Waals surface area contributed by atoms with Gasteiger partial charge in [0.05, 0.1) is 12.1 Å². The molecule has 1 saturated heterocycles. The van der Waals surface area contributed by atoms with E-state index in [0.717, 1.165) is 16.7 Å². The van der Waals surface area contributed by atoms with Gasteiger partial charge in [-0.05, 0) is 29.7 Å². The standard InChI is InChI=1S/C34H34FN3O3/c1-24-30(27-18-10-5-11-19-27)38(34(41)36(24)2)33(40)31(32(39)28-20-12-13-21-29(28)35)37(22-25-14-6-3-7-15-25)23-26-16-8-4-9-17-26/h3-21,24,30-32,39H,22-23H2,1-2H3/t24-,30-,31+,32-/m0/s1. The van der Waals surface area contributed by atoms with Crippen LogP contribution in [-0.4, -0.2) is 50.9 Å². The highest BCUT2D eigenvalue weighted by atomic mass is 19.1. The second kappa shape index (κ2) is 12.5. The van der Waals surface area contributed by atoms with Gasteiger partial charge in [0.2, 0.25) is 0 Å². The van der Waals surface area contributed by atoms with Gasteiger partial charge in [0.15, 0.2) is 0 Å². The van der Waals surface area contributed by atoms with Crippen LogP contribution in [0.3, 0.4) is 0 Å². The van der Waals surface area contributed by atoms with Gasteiger partial charge in [-0.3, -0.25) is 14.6 Å². The Kier molecular flexibility index (Phi) is 8.57. The first kappa shape index (κ1) is 28.2. The maximum absolute atomic E-state index is 15.1. The van der Waals surface area contributed by atoms with Crippen molar-refractivity contribution < 1.29 is 19.1 Å². The molecule has 0 aromatic heterocycles. The maximum Gasteiger partial charge on any atom is 0.327 e. The van der Waals surface area contributed by atoms with Crippen molar-refractivity contribution in [2.75, 3.05) is 7.05 Å². The van der Waals surface area contributed by atoms with Crippen molar-refractivity contribution in [2.45, 2.75) is 44.2 Å². The van der Waals surface area contributed by atoms with E-state index < -0.39 is 35.9 Å². The average Bonchev–Trinajstić information content (AvgIpc) is 3.22. The lowest BCUT2D eigenvalue weighted by molar-refractivity contribution is -0.140.